The van der Waals surface area contributed by atoms with Crippen LogP contribution in [0.15, 0.2) is 36.4 Å². The largest absolute Gasteiger partial charge is 0.392 e. The van der Waals surface area contributed by atoms with Gasteiger partial charge < -0.3 is 10.4 Å². The predicted octanol–water partition coefficient (Wildman–Crippen LogP) is 3.06. The normalized spacial score (nSPS) is 29.0. The number of nitrogens with one attached hydrogen (secondary N) is 2. The third kappa shape index (κ3) is 2.82. The van der Waals surface area contributed by atoms with Gasteiger partial charge in [-0.2, -0.15) is 0 Å². The highest BCUT2D eigenvalue weighted by Gasteiger charge is 2.68. The van der Waals surface area contributed by atoms with E-state index >= 15 is 4.39 Å². The van der Waals surface area contributed by atoms with Gasteiger partial charge in [0.25, 0.3) is 0 Å². The third-order valence-corrected chi connectivity index (χ3v) is 6.19. The number of rotatable bonds is 3. The van der Waals surface area contributed by atoms with Crippen molar-refractivity contribution in [3.8, 4) is 0 Å². The van der Waals surface area contributed by atoms with Crippen molar-refractivity contribution in [2.75, 3.05) is 5.32 Å². The highest BCUT2D eigenvalue weighted by atomic mass is 35.5. The molecule has 0 radical (unpaired) electrons. The summed E-state index contributed by atoms with van der Waals surface area (Å²) in [6.07, 6.45) is -1.18. The van der Waals surface area contributed by atoms with Crippen LogP contribution in [0.1, 0.15) is 24.0 Å². The maximum absolute atomic E-state index is 15.0. The number of hydrogen-bond donors (Lipinski definition) is 3. The van der Waals surface area contributed by atoms with E-state index in [1.807, 2.05) is 0 Å². The van der Waals surface area contributed by atoms with Crippen LogP contribution in [-0.2, 0) is 10.3 Å². The number of nitrogens with zero attached hydrogens (tertiary/aromatic N) is 1. The van der Waals surface area contributed by atoms with E-state index in [2.05, 4.69) is 10.6 Å². The van der Waals surface area contributed by atoms with E-state index in [0.29, 0.717) is 16.3 Å². The van der Waals surface area contributed by atoms with Crippen molar-refractivity contribution in [3.63, 3.8) is 0 Å². The van der Waals surface area contributed by atoms with Crippen LogP contribution >= 0.6 is 23.2 Å². The molecule has 2 heterocycles. The third-order valence-electron chi connectivity index (χ3n) is 5.66. The van der Waals surface area contributed by atoms with Gasteiger partial charge >= 0.3 is 0 Å². The van der Waals surface area contributed by atoms with Crippen LogP contribution in [0.4, 0.5) is 10.1 Å². The first-order chi connectivity index (χ1) is 13.7. The number of nitro groups is 1. The molecule has 7 nitrogen and oxygen atoms in total. The van der Waals surface area contributed by atoms with Crippen LogP contribution in [0, 0.1) is 15.9 Å². The van der Waals surface area contributed by atoms with E-state index in [1.165, 1.54) is 31.2 Å². The quantitative estimate of drug-likeness (QED) is 0.503. The van der Waals surface area contributed by atoms with Crippen molar-refractivity contribution in [2.45, 2.75) is 36.6 Å². The van der Waals surface area contributed by atoms with Crippen molar-refractivity contribution < 1.29 is 19.2 Å². The monoisotopic (exact) mass is 439 g/mol. The fraction of sp³-hybridized carbons (Fsp3) is 0.316. The van der Waals surface area contributed by atoms with Gasteiger partial charge in [0.1, 0.15) is 17.4 Å². The second-order valence-electron chi connectivity index (χ2n) is 7.26. The lowest BCUT2D eigenvalue weighted by atomic mass is 9.74. The summed E-state index contributed by atoms with van der Waals surface area (Å²) in [6.45, 7) is 1.38. The molecule has 10 heteroatoms. The van der Waals surface area contributed by atoms with Crippen LogP contribution < -0.4 is 10.6 Å². The summed E-state index contributed by atoms with van der Waals surface area (Å²) in [4.78, 5) is 24.7. The number of halogens is 3. The minimum Gasteiger partial charge on any atom is -0.392 e. The van der Waals surface area contributed by atoms with Gasteiger partial charge in [0.15, 0.2) is 0 Å². The van der Waals surface area contributed by atoms with Gasteiger partial charge in [-0.05, 0) is 25.1 Å². The Balaban J connectivity index is 2.03. The summed E-state index contributed by atoms with van der Waals surface area (Å²) in [5.74, 6) is -2.69. The molecule has 0 saturated carbocycles. The van der Waals surface area contributed by atoms with Crippen molar-refractivity contribution in [3.05, 3.63) is 73.5 Å². The molecular weight excluding hydrogens is 424 g/mol. The molecule has 2 aromatic rings. The Bertz CT molecular complexity index is 1030. The molecule has 2 aliphatic rings. The van der Waals surface area contributed by atoms with Crippen molar-refractivity contribution in [1.82, 2.24) is 5.32 Å². The first-order valence-electron chi connectivity index (χ1n) is 8.83. The zero-order valence-electron chi connectivity index (χ0n) is 15.0. The predicted molar refractivity (Wildman–Crippen MR) is 105 cm³/mol. The topological polar surface area (TPSA) is 104 Å². The zero-order chi connectivity index (χ0) is 21.1. The Labute approximate surface area is 175 Å². The number of hydrogen-bond acceptors (Lipinski definition) is 5. The molecule has 1 spiro atoms. The van der Waals surface area contributed by atoms with E-state index in [9.17, 15) is 20.0 Å². The SMILES string of the molecule is C[C@H](O)[C@H]1N[C@]2(C(=O)Nc3cc(Cl)ccc32)[C@H](c2cccc(Cl)c2F)[C@H]1[N+](=O)[O-]. The lowest BCUT2D eigenvalue weighted by Gasteiger charge is -2.30. The van der Waals surface area contributed by atoms with Crippen LogP contribution in [0.2, 0.25) is 10.0 Å². The molecular formula is C19H16Cl2FN3O4. The summed E-state index contributed by atoms with van der Waals surface area (Å²) in [5.41, 5.74) is -0.986. The van der Waals surface area contributed by atoms with Crippen LogP contribution in [-0.4, -0.2) is 34.1 Å². The molecule has 152 valence electrons. The smallest absolute Gasteiger partial charge is 0.250 e. The van der Waals surface area contributed by atoms with Gasteiger partial charge in [0.2, 0.25) is 11.9 Å². The lowest BCUT2D eigenvalue weighted by molar-refractivity contribution is -0.528. The Morgan fingerprint density at radius 1 is 1.31 bits per heavy atom. The molecule has 2 aliphatic heterocycles. The summed E-state index contributed by atoms with van der Waals surface area (Å²) in [5, 5.41) is 28.1. The number of aliphatic hydroxyl groups excluding tert-OH is 1. The van der Waals surface area contributed by atoms with Gasteiger partial charge in [-0.25, -0.2) is 4.39 Å². The average molecular weight is 440 g/mol. The number of amides is 1. The lowest BCUT2D eigenvalue weighted by Crippen LogP contribution is -2.51. The van der Waals surface area contributed by atoms with Crippen molar-refractivity contribution >= 4 is 34.8 Å². The van der Waals surface area contributed by atoms with E-state index in [1.54, 1.807) is 12.1 Å². The minimum atomic E-state index is -1.68. The van der Waals surface area contributed by atoms with Crippen molar-refractivity contribution in [1.29, 1.82) is 0 Å². The molecule has 1 fully saturated rings. The van der Waals surface area contributed by atoms with E-state index in [4.69, 9.17) is 23.2 Å². The molecule has 4 rings (SSSR count). The van der Waals surface area contributed by atoms with Crippen molar-refractivity contribution in [2.24, 2.45) is 0 Å². The van der Waals surface area contributed by atoms with E-state index in [0.717, 1.165) is 0 Å². The molecule has 0 unspecified atom stereocenters. The second kappa shape index (κ2) is 6.91. The molecule has 0 bridgehead atoms. The van der Waals surface area contributed by atoms with Crippen LogP contribution in [0.3, 0.4) is 0 Å². The highest BCUT2D eigenvalue weighted by Crippen LogP contribution is 2.53. The maximum atomic E-state index is 15.0. The van der Waals surface area contributed by atoms with Gasteiger partial charge in [0, 0.05) is 26.8 Å². The Kier molecular flexibility index (Phi) is 4.77. The van der Waals surface area contributed by atoms with Gasteiger partial charge in [-0.1, -0.05) is 41.4 Å². The molecule has 29 heavy (non-hydrogen) atoms. The van der Waals surface area contributed by atoms with Crippen LogP contribution in [0.25, 0.3) is 0 Å². The molecule has 0 aromatic heterocycles. The van der Waals surface area contributed by atoms with E-state index in [-0.39, 0.29) is 10.6 Å². The first-order valence-corrected chi connectivity index (χ1v) is 9.58. The van der Waals surface area contributed by atoms with Gasteiger partial charge in [0.05, 0.1) is 17.0 Å². The number of carbonyl (C=O) groups is 1. The molecule has 0 aliphatic carbocycles. The zero-order valence-corrected chi connectivity index (χ0v) is 16.5. The Hall–Kier alpha value is -2.26. The summed E-state index contributed by atoms with van der Waals surface area (Å²) < 4.78 is 15.0. The Morgan fingerprint density at radius 3 is 2.69 bits per heavy atom. The fourth-order valence-electron chi connectivity index (χ4n) is 4.50. The minimum absolute atomic E-state index is 0.0761. The number of aliphatic hydroxyl groups is 1. The standard InChI is InChI=1S/C19H16Cl2FN3O4/c1-8(26)16-17(25(28)29)14(10-3-2-4-12(21)15(10)22)19(24-16)11-6-5-9(20)7-13(11)23-18(19)27/h2-8,14,16-17,24,26H,1H3,(H,23,27)/t8-,14+,16+,17+,19-/m0/s1. The van der Waals surface area contributed by atoms with E-state index < -0.39 is 46.3 Å². The Morgan fingerprint density at radius 2 is 2.03 bits per heavy atom. The van der Waals surface area contributed by atoms with Gasteiger partial charge in [-0.15, -0.1) is 0 Å². The number of anilines is 1. The first kappa shape index (κ1) is 20.0. The summed E-state index contributed by atoms with van der Waals surface area (Å²) in [6, 6.07) is 6.20. The number of fused-ring (bicyclic) bond motifs is 2. The maximum Gasteiger partial charge on any atom is 0.250 e. The van der Waals surface area contributed by atoms with Gasteiger partial charge in [-0.3, -0.25) is 20.2 Å². The number of benzene rings is 2. The molecule has 1 amide bonds. The molecule has 1 saturated heterocycles. The molecule has 5 atom stereocenters. The van der Waals surface area contributed by atoms with Crippen LogP contribution in [0.5, 0.6) is 0 Å². The summed E-state index contributed by atoms with van der Waals surface area (Å²) >= 11 is 12.0. The highest BCUT2D eigenvalue weighted by molar-refractivity contribution is 6.31. The summed E-state index contributed by atoms with van der Waals surface area (Å²) in [7, 11) is 0. The molecule has 2 aromatic carbocycles. The molecule has 3 N–H and O–H groups in total. The number of carbonyl (C=O) groups excluding carboxylic acids is 1. The fourth-order valence-corrected chi connectivity index (χ4v) is 4.85. The average Bonchev–Trinajstić information content (AvgIpc) is 3.14. The second-order valence-corrected chi connectivity index (χ2v) is 8.10.